The zero-order valence-electron chi connectivity index (χ0n) is 10.8. The molecular formula is C12H22N2O4. The summed E-state index contributed by atoms with van der Waals surface area (Å²) in [6.07, 6.45) is 2.15. The van der Waals surface area contributed by atoms with Crippen LogP contribution >= 0.6 is 0 Å². The molecule has 1 fully saturated rings. The van der Waals surface area contributed by atoms with Crippen molar-refractivity contribution in [2.45, 2.75) is 26.2 Å². The number of likely N-dealkylation sites (tertiary alicyclic amines) is 1. The highest BCUT2D eigenvalue weighted by Gasteiger charge is 2.26. The lowest BCUT2D eigenvalue weighted by atomic mass is 10.0. The van der Waals surface area contributed by atoms with Crippen LogP contribution in [0.2, 0.25) is 0 Å². The highest BCUT2D eigenvalue weighted by atomic mass is 16.4. The number of carbonyl (C=O) groups excluding carboxylic acids is 1. The van der Waals surface area contributed by atoms with Crippen LogP contribution in [0.3, 0.4) is 0 Å². The Hall–Kier alpha value is -1.30. The van der Waals surface area contributed by atoms with Gasteiger partial charge < -0.3 is 20.4 Å². The minimum absolute atomic E-state index is 0.0946. The number of carbonyl (C=O) groups is 2. The summed E-state index contributed by atoms with van der Waals surface area (Å²) < 4.78 is 0. The van der Waals surface area contributed by atoms with E-state index in [1.807, 2.05) is 6.92 Å². The van der Waals surface area contributed by atoms with Crippen LogP contribution in [0, 0.1) is 11.8 Å². The predicted molar refractivity (Wildman–Crippen MR) is 66.2 cm³/mol. The van der Waals surface area contributed by atoms with Crippen LogP contribution in [-0.2, 0) is 4.79 Å². The number of aliphatic hydroxyl groups is 1. The zero-order chi connectivity index (χ0) is 13.5. The van der Waals surface area contributed by atoms with Gasteiger partial charge in [-0.2, -0.15) is 0 Å². The van der Waals surface area contributed by atoms with Crippen LogP contribution in [0.5, 0.6) is 0 Å². The van der Waals surface area contributed by atoms with Gasteiger partial charge in [0.15, 0.2) is 0 Å². The summed E-state index contributed by atoms with van der Waals surface area (Å²) in [4.78, 5) is 24.3. The molecular weight excluding hydrogens is 236 g/mol. The van der Waals surface area contributed by atoms with Gasteiger partial charge >= 0.3 is 12.0 Å². The molecule has 0 saturated carbocycles. The van der Waals surface area contributed by atoms with Crippen molar-refractivity contribution < 1.29 is 19.8 Å². The number of urea groups is 1. The number of hydrogen-bond acceptors (Lipinski definition) is 3. The summed E-state index contributed by atoms with van der Waals surface area (Å²) in [6.45, 7) is 3.36. The fraction of sp³-hybridized carbons (Fsp3) is 0.833. The number of carboxylic acid groups (broad SMARTS) is 1. The summed E-state index contributed by atoms with van der Waals surface area (Å²) in [5.41, 5.74) is 0. The molecule has 6 heteroatoms. The highest BCUT2D eigenvalue weighted by molar-refractivity contribution is 5.76. The number of amides is 2. The van der Waals surface area contributed by atoms with E-state index in [0.29, 0.717) is 19.5 Å². The minimum Gasteiger partial charge on any atom is -0.481 e. The first-order chi connectivity index (χ1) is 8.58. The average molecular weight is 258 g/mol. The van der Waals surface area contributed by atoms with Crippen molar-refractivity contribution in [1.82, 2.24) is 10.2 Å². The van der Waals surface area contributed by atoms with Crippen LogP contribution in [0.25, 0.3) is 0 Å². The SMILES string of the molecule is CCCC(CNC(=O)N1CCC(CO)C1)C(=O)O. The van der Waals surface area contributed by atoms with Crippen molar-refractivity contribution in [1.29, 1.82) is 0 Å². The Morgan fingerprint density at radius 3 is 2.72 bits per heavy atom. The molecule has 2 unspecified atom stereocenters. The Labute approximate surface area is 107 Å². The van der Waals surface area contributed by atoms with Crippen molar-refractivity contribution in [2.24, 2.45) is 11.8 Å². The Balaban J connectivity index is 2.34. The number of aliphatic carboxylic acids is 1. The first-order valence-corrected chi connectivity index (χ1v) is 6.44. The molecule has 6 nitrogen and oxygen atoms in total. The third-order valence-electron chi connectivity index (χ3n) is 3.32. The van der Waals surface area contributed by atoms with Crippen LogP contribution in [0.15, 0.2) is 0 Å². The van der Waals surface area contributed by atoms with Gasteiger partial charge in [-0.15, -0.1) is 0 Å². The van der Waals surface area contributed by atoms with Gasteiger partial charge in [-0.3, -0.25) is 4.79 Å². The van der Waals surface area contributed by atoms with E-state index in [4.69, 9.17) is 10.2 Å². The lowest BCUT2D eigenvalue weighted by Crippen LogP contribution is -2.42. The molecule has 2 atom stereocenters. The Kier molecular flexibility index (Phi) is 5.91. The summed E-state index contributed by atoms with van der Waals surface area (Å²) in [5.74, 6) is -1.23. The Morgan fingerprint density at radius 2 is 2.22 bits per heavy atom. The zero-order valence-corrected chi connectivity index (χ0v) is 10.8. The van der Waals surface area contributed by atoms with E-state index < -0.39 is 11.9 Å². The molecule has 18 heavy (non-hydrogen) atoms. The molecule has 3 N–H and O–H groups in total. The van der Waals surface area contributed by atoms with Gasteiger partial charge in [0.2, 0.25) is 0 Å². The van der Waals surface area contributed by atoms with Crippen LogP contribution in [0.4, 0.5) is 4.79 Å². The van der Waals surface area contributed by atoms with E-state index in [0.717, 1.165) is 12.8 Å². The predicted octanol–water partition coefficient (Wildman–Crippen LogP) is 0.511. The maximum absolute atomic E-state index is 11.8. The molecule has 1 rings (SSSR count). The minimum atomic E-state index is -0.869. The fourth-order valence-electron chi connectivity index (χ4n) is 2.15. The van der Waals surface area contributed by atoms with Gasteiger partial charge in [0.25, 0.3) is 0 Å². The lowest BCUT2D eigenvalue weighted by molar-refractivity contribution is -0.141. The van der Waals surface area contributed by atoms with Gasteiger partial charge in [-0.25, -0.2) is 4.79 Å². The summed E-state index contributed by atoms with van der Waals surface area (Å²) in [6, 6.07) is -0.228. The van der Waals surface area contributed by atoms with E-state index in [9.17, 15) is 9.59 Å². The molecule has 0 bridgehead atoms. The summed E-state index contributed by atoms with van der Waals surface area (Å²) in [7, 11) is 0. The largest absolute Gasteiger partial charge is 0.481 e. The highest BCUT2D eigenvalue weighted by Crippen LogP contribution is 2.15. The van der Waals surface area contributed by atoms with Crippen molar-refractivity contribution in [3.05, 3.63) is 0 Å². The number of nitrogens with zero attached hydrogens (tertiary/aromatic N) is 1. The average Bonchev–Trinajstić information content (AvgIpc) is 2.82. The number of aliphatic hydroxyl groups excluding tert-OH is 1. The maximum Gasteiger partial charge on any atom is 0.317 e. The summed E-state index contributed by atoms with van der Waals surface area (Å²) in [5, 5.41) is 20.6. The number of rotatable bonds is 6. The Bertz CT molecular complexity index is 296. The standard InChI is InChI=1S/C12H22N2O4/c1-2-3-10(11(16)17)6-13-12(18)14-5-4-9(7-14)8-15/h9-10,15H,2-8H2,1H3,(H,13,18)(H,16,17). The quantitative estimate of drug-likeness (QED) is 0.647. The van der Waals surface area contributed by atoms with Crippen LogP contribution < -0.4 is 5.32 Å². The third kappa shape index (κ3) is 4.18. The number of hydrogen-bond donors (Lipinski definition) is 3. The second-order valence-corrected chi connectivity index (χ2v) is 4.79. The van der Waals surface area contributed by atoms with E-state index in [2.05, 4.69) is 5.32 Å². The molecule has 1 aliphatic heterocycles. The number of carboxylic acids is 1. The molecule has 1 aliphatic rings. The van der Waals surface area contributed by atoms with Gasteiger partial charge in [0, 0.05) is 32.2 Å². The molecule has 0 aromatic rings. The molecule has 104 valence electrons. The lowest BCUT2D eigenvalue weighted by Gasteiger charge is -2.19. The van der Waals surface area contributed by atoms with Crippen LogP contribution in [-0.4, -0.2) is 53.4 Å². The monoisotopic (exact) mass is 258 g/mol. The van der Waals surface area contributed by atoms with E-state index in [-0.39, 0.29) is 25.1 Å². The van der Waals surface area contributed by atoms with Gasteiger partial charge in [-0.05, 0) is 12.8 Å². The maximum atomic E-state index is 11.8. The molecule has 0 radical (unpaired) electrons. The van der Waals surface area contributed by atoms with Gasteiger partial charge in [0.05, 0.1) is 5.92 Å². The topological polar surface area (TPSA) is 89.9 Å². The van der Waals surface area contributed by atoms with Crippen LogP contribution in [0.1, 0.15) is 26.2 Å². The van der Waals surface area contributed by atoms with Crippen molar-refractivity contribution in [2.75, 3.05) is 26.2 Å². The summed E-state index contributed by atoms with van der Waals surface area (Å²) >= 11 is 0. The second-order valence-electron chi connectivity index (χ2n) is 4.79. The van der Waals surface area contributed by atoms with E-state index in [1.54, 1.807) is 4.90 Å². The fourth-order valence-corrected chi connectivity index (χ4v) is 2.15. The molecule has 1 heterocycles. The second kappa shape index (κ2) is 7.20. The normalized spacial score (nSPS) is 20.8. The molecule has 2 amide bonds. The molecule has 0 aromatic carbocycles. The van der Waals surface area contributed by atoms with Crippen molar-refractivity contribution >= 4 is 12.0 Å². The molecule has 0 spiro atoms. The Morgan fingerprint density at radius 1 is 1.50 bits per heavy atom. The third-order valence-corrected chi connectivity index (χ3v) is 3.32. The van der Waals surface area contributed by atoms with Crippen molar-refractivity contribution in [3.8, 4) is 0 Å². The molecule has 0 aromatic heterocycles. The van der Waals surface area contributed by atoms with Crippen molar-refractivity contribution in [3.63, 3.8) is 0 Å². The molecule has 0 aliphatic carbocycles. The van der Waals surface area contributed by atoms with Gasteiger partial charge in [0.1, 0.15) is 0 Å². The smallest absolute Gasteiger partial charge is 0.317 e. The first kappa shape index (κ1) is 14.8. The number of nitrogens with one attached hydrogen (secondary N) is 1. The first-order valence-electron chi connectivity index (χ1n) is 6.44. The van der Waals surface area contributed by atoms with E-state index >= 15 is 0 Å². The van der Waals surface area contributed by atoms with E-state index in [1.165, 1.54) is 0 Å². The van der Waals surface area contributed by atoms with Gasteiger partial charge in [-0.1, -0.05) is 13.3 Å². The molecule has 1 saturated heterocycles.